The van der Waals surface area contributed by atoms with E-state index in [2.05, 4.69) is 25.7 Å². The zero-order valence-electron chi connectivity index (χ0n) is 13.0. The molecule has 3 heterocycles. The van der Waals surface area contributed by atoms with E-state index < -0.39 is 0 Å². The molecule has 0 spiro atoms. The number of amides is 1. The van der Waals surface area contributed by atoms with Crippen molar-refractivity contribution in [1.29, 1.82) is 0 Å². The maximum Gasteiger partial charge on any atom is 0.238 e. The van der Waals surface area contributed by atoms with Gasteiger partial charge in [-0.15, -0.1) is 5.10 Å². The second-order valence-corrected chi connectivity index (χ2v) is 6.65. The molecule has 122 valence electrons. The van der Waals surface area contributed by atoms with Gasteiger partial charge >= 0.3 is 0 Å². The van der Waals surface area contributed by atoms with Crippen LogP contribution in [-0.2, 0) is 4.79 Å². The molecule has 0 aliphatic rings. The van der Waals surface area contributed by atoms with Gasteiger partial charge < -0.3 is 9.84 Å². The van der Waals surface area contributed by atoms with Crippen molar-refractivity contribution in [2.24, 2.45) is 0 Å². The molecule has 4 aromatic rings. The molecule has 0 aliphatic carbocycles. The van der Waals surface area contributed by atoms with Crippen molar-refractivity contribution in [3.63, 3.8) is 0 Å². The summed E-state index contributed by atoms with van der Waals surface area (Å²) >= 11 is 1.34. The van der Waals surface area contributed by atoms with Gasteiger partial charge in [-0.25, -0.2) is 10.1 Å². The van der Waals surface area contributed by atoms with Crippen molar-refractivity contribution in [1.82, 2.24) is 24.7 Å². The van der Waals surface area contributed by atoms with Crippen molar-refractivity contribution < 1.29 is 9.32 Å². The Hall–Kier alpha value is -2.81. The van der Waals surface area contributed by atoms with Crippen LogP contribution in [0.4, 0.5) is 5.82 Å². The fourth-order valence-electron chi connectivity index (χ4n) is 2.39. The molecule has 1 atom stereocenters. The first-order chi connectivity index (χ1) is 11.6. The van der Waals surface area contributed by atoms with Gasteiger partial charge in [0.2, 0.25) is 11.7 Å². The lowest BCUT2D eigenvalue weighted by molar-refractivity contribution is -0.115. The third kappa shape index (κ3) is 2.52. The van der Waals surface area contributed by atoms with Crippen LogP contribution in [0.25, 0.3) is 16.8 Å². The molecule has 0 saturated heterocycles. The van der Waals surface area contributed by atoms with E-state index in [0.717, 1.165) is 11.0 Å². The Kier molecular flexibility index (Phi) is 3.49. The van der Waals surface area contributed by atoms with Crippen molar-refractivity contribution in [3.8, 4) is 0 Å². The van der Waals surface area contributed by atoms with Crippen LogP contribution in [0.15, 0.2) is 40.0 Å². The average molecular weight is 342 g/mol. The summed E-state index contributed by atoms with van der Waals surface area (Å²) in [4.78, 5) is 16.8. The van der Waals surface area contributed by atoms with Gasteiger partial charge in [-0.1, -0.05) is 29.1 Å². The lowest BCUT2D eigenvalue weighted by atomic mass is 10.3. The number of fused-ring (bicyclic) bond motifs is 3. The van der Waals surface area contributed by atoms with E-state index in [1.807, 2.05) is 35.6 Å². The highest BCUT2D eigenvalue weighted by Crippen LogP contribution is 2.26. The Morgan fingerprint density at radius 3 is 3.04 bits per heavy atom. The van der Waals surface area contributed by atoms with E-state index in [4.69, 9.17) is 4.52 Å². The number of nitrogens with zero attached hydrogens (tertiary/aromatic N) is 4. The number of imidazole rings is 1. The van der Waals surface area contributed by atoms with Gasteiger partial charge in [0.1, 0.15) is 5.76 Å². The third-order valence-corrected chi connectivity index (χ3v) is 4.59. The number of carbonyl (C=O) groups excluding carboxylic acids is 1. The van der Waals surface area contributed by atoms with Crippen molar-refractivity contribution in [2.45, 2.75) is 24.3 Å². The zero-order chi connectivity index (χ0) is 16.7. The molecule has 8 nitrogen and oxygen atoms in total. The Labute approximate surface area is 140 Å². The van der Waals surface area contributed by atoms with Gasteiger partial charge in [-0.05, 0) is 26.0 Å². The summed E-state index contributed by atoms with van der Waals surface area (Å²) < 4.78 is 6.85. The number of rotatable bonds is 4. The number of H-pyrrole nitrogens is 1. The summed E-state index contributed by atoms with van der Waals surface area (Å²) in [6, 6.07) is 9.46. The molecule has 1 amide bonds. The molecule has 2 N–H and O–H groups in total. The Morgan fingerprint density at radius 2 is 2.25 bits per heavy atom. The van der Waals surface area contributed by atoms with Crippen LogP contribution in [0.1, 0.15) is 12.7 Å². The summed E-state index contributed by atoms with van der Waals surface area (Å²) in [7, 11) is 0. The predicted octanol–water partition coefficient (Wildman–Crippen LogP) is 2.63. The first kappa shape index (κ1) is 14.8. The molecule has 0 bridgehead atoms. The van der Waals surface area contributed by atoms with Crippen LogP contribution in [0.5, 0.6) is 0 Å². The average Bonchev–Trinajstić information content (AvgIpc) is 3.23. The number of thioether (sulfide) groups is 1. The van der Waals surface area contributed by atoms with Gasteiger partial charge in [0, 0.05) is 6.07 Å². The number of hydrogen-bond acceptors (Lipinski definition) is 6. The highest BCUT2D eigenvalue weighted by molar-refractivity contribution is 8.00. The zero-order valence-corrected chi connectivity index (χ0v) is 13.8. The number of aromatic amines is 1. The highest BCUT2D eigenvalue weighted by Gasteiger charge is 2.20. The van der Waals surface area contributed by atoms with Crippen LogP contribution in [0.2, 0.25) is 0 Å². The number of aryl methyl sites for hydroxylation is 1. The minimum absolute atomic E-state index is 0.172. The fraction of sp³-hybridized carbons (Fsp3) is 0.200. The van der Waals surface area contributed by atoms with Crippen LogP contribution in [0.3, 0.4) is 0 Å². The molecule has 4 rings (SSSR count). The summed E-state index contributed by atoms with van der Waals surface area (Å²) in [5.74, 6) is 1.53. The molecule has 0 aliphatic heterocycles. The van der Waals surface area contributed by atoms with Crippen LogP contribution in [0, 0.1) is 6.92 Å². The maximum absolute atomic E-state index is 12.3. The second kappa shape index (κ2) is 5.68. The Bertz CT molecular complexity index is 1030. The summed E-state index contributed by atoms with van der Waals surface area (Å²) in [6.45, 7) is 3.58. The van der Waals surface area contributed by atoms with Gasteiger partial charge in [0.25, 0.3) is 0 Å². The quantitative estimate of drug-likeness (QED) is 0.553. The standard InChI is InChI=1S/C15H14N6O2S/c1-8-7-12(20-23-8)17-13(22)9(2)24-15-19-18-14-16-10-5-3-4-6-11(10)21(14)15/h3-7,9H,1-2H3,(H,16,18)(H,17,20,22). The lowest BCUT2D eigenvalue weighted by Gasteiger charge is -2.08. The first-order valence-electron chi connectivity index (χ1n) is 7.34. The van der Waals surface area contributed by atoms with E-state index >= 15 is 0 Å². The van der Waals surface area contributed by atoms with Gasteiger partial charge in [-0.2, -0.15) is 0 Å². The summed E-state index contributed by atoms with van der Waals surface area (Å²) in [5, 5.41) is 14.0. The number of anilines is 1. The normalized spacial score (nSPS) is 12.8. The molecule has 0 saturated carbocycles. The van der Waals surface area contributed by atoms with E-state index in [1.54, 1.807) is 13.0 Å². The minimum Gasteiger partial charge on any atom is -0.360 e. The molecular formula is C15H14N6O2S. The SMILES string of the molecule is Cc1cc(NC(=O)C(C)Sc2n[nH]c3nc4ccccc4n23)no1. The smallest absolute Gasteiger partial charge is 0.238 e. The van der Waals surface area contributed by atoms with E-state index in [-0.39, 0.29) is 11.2 Å². The first-order valence-corrected chi connectivity index (χ1v) is 8.22. The van der Waals surface area contributed by atoms with E-state index in [9.17, 15) is 4.79 Å². The van der Waals surface area contributed by atoms with Crippen molar-refractivity contribution >= 4 is 40.3 Å². The van der Waals surface area contributed by atoms with E-state index in [0.29, 0.717) is 22.5 Å². The van der Waals surface area contributed by atoms with Crippen LogP contribution < -0.4 is 5.32 Å². The third-order valence-electron chi connectivity index (χ3n) is 3.53. The summed E-state index contributed by atoms with van der Waals surface area (Å²) in [6.07, 6.45) is 0. The fourth-order valence-corrected chi connectivity index (χ4v) is 3.26. The number of nitrogens with one attached hydrogen (secondary N) is 2. The number of para-hydroxylation sites is 2. The topological polar surface area (TPSA) is 101 Å². The second-order valence-electron chi connectivity index (χ2n) is 5.34. The van der Waals surface area contributed by atoms with Crippen LogP contribution >= 0.6 is 11.8 Å². The van der Waals surface area contributed by atoms with Gasteiger partial charge in [0.05, 0.1) is 16.3 Å². The molecule has 0 radical (unpaired) electrons. The Balaban J connectivity index is 1.58. The lowest BCUT2D eigenvalue weighted by Crippen LogP contribution is -2.22. The molecule has 1 aromatic carbocycles. The summed E-state index contributed by atoms with van der Waals surface area (Å²) in [5.41, 5.74) is 1.83. The molecular weight excluding hydrogens is 328 g/mol. The number of carbonyl (C=O) groups is 1. The van der Waals surface area contributed by atoms with Gasteiger partial charge in [-0.3, -0.25) is 9.20 Å². The van der Waals surface area contributed by atoms with Gasteiger partial charge in [0.15, 0.2) is 11.0 Å². The molecule has 9 heteroatoms. The van der Waals surface area contributed by atoms with Crippen molar-refractivity contribution in [2.75, 3.05) is 5.32 Å². The largest absolute Gasteiger partial charge is 0.360 e. The number of aromatic nitrogens is 5. The number of benzene rings is 1. The molecule has 24 heavy (non-hydrogen) atoms. The Morgan fingerprint density at radius 1 is 1.42 bits per heavy atom. The number of hydrogen-bond donors (Lipinski definition) is 2. The maximum atomic E-state index is 12.3. The highest BCUT2D eigenvalue weighted by atomic mass is 32.2. The molecule has 0 fully saturated rings. The predicted molar refractivity (Wildman–Crippen MR) is 90.0 cm³/mol. The van der Waals surface area contributed by atoms with Crippen LogP contribution in [-0.4, -0.2) is 35.9 Å². The molecule has 3 aromatic heterocycles. The monoisotopic (exact) mass is 342 g/mol. The van der Waals surface area contributed by atoms with Crippen molar-refractivity contribution in [3.05, 3.63) is 36.1 Å². The van der Waals surface area contributed by atoms with E-state index in [1.165, 1.54) is 11.8 Å². The minimum atomic E-state index is -0.366. The molecule has 1 unspecified atom stereocenters.